The molecule has 0 aliphatic carbocycles. The molecule has 0 saturated heterocycles. The molecule has 0 fully saturated rings. The molecule has 0 N–H and O–H groups in total. The van der Waals surface area contributed by atoms with Crippen molar-refractivity contribution < 1.29 is 58.3 Å². The monoisotopic (exact) mass is 888 g/mol. The summed E-state index contributed by atoms with van der Waals surface area (Å²) in [6.07, 6.45) is 0. The Morgan fingerprint density at radius 2 is 1.02 bits per heavy atom. The molecule has 6 heterocycles. The second-order valence-corrected chi connectivity index (χ2v) is 15.0. The smallest absolute Gasteiger partial charge is 0.855 e. The molecular formula is C40H36Cl3N6NaO6S2. The Morgan fingerprint density at radius 3 is 1.47 bits per heavy atom. The van der Waals surface area contributed by atoms with Gasteiger partial charge in [0.25, 0.3) is 0 Å². The van der Waals surface area contributed by atoms with Crippen molar-refractivity contribution in [2.24, 2.45) is 0 Å². The molecule has 0 atom stereocenters. The maximum absolute atomic E-state index is 8.93. The number of nitrogens with zero attached hydrogens (tertiary/aromatic N) is 6. The number of hydrogen-bond acceptors (Lipinski definition) is 14. The van der Waals surface area contributed by atoms with Gasteiger partial charge in [-0.15, -0.1) is 29.3 Å². The number of aryl methyl sites for hydroxylation is 2. The van der Waals surface area contributed by atoms with Crippen LogP contribution < -0.4 is 58.3 Å². The van der Waals surface area contributed by atoms with Crippen LogP contribution in [0.3, 0.4) is 0 Å². The van der Waals surface area contributed by atoms with E-state index < -0.39 is 0 Å². The van der Waals surface area contributed by atoms with E-state index in [1.165, 1.54) is 22.7 Å². The Hall–Kier alpha value is -3.83. The third-order valence-corrected chi connectivity index (χ3v) is 11.3. The molecular weight excluding hydrogens is 854 g/mol. The summed E-state index contributed by atoms with van der Waals surface area (Å²) in [6, 6.07) is 15.5. The number of methoxy groups -OCH3 is 4. The van der Waals surface area contributed by atoms with E-state index in [-0.39, 0.29) is 46.7 Å². The molecule has 0 aliphatic heterocycles. The predicted molar refractivity (Wildman–Crippen MR) is 229 cm³/mol. The van der Waals surface area contributed by atoms with E-state index in [1.54, 1.807) is 35.4 Å². The van der Waals surface area contributed by atoms with Crippen LogP contribution in [0.5, 0.6) is 28.9 Å². The fourth-order valence-electron chi connectivity index (χ4n) is 6.05. The number of halogens is 3. The van der Waals surface area contributed by atoms with Gasteiger partial charge in [-0.2, -0.15) is 4.98 Å². The van der Waals surface area contributed by atoms with Crippen molar-refractivity contribution in [1.29, 1.82) is 0 Å². The van der Waals surface area contributed by atoms with Crippen LogP contribution in [0.2, 0.25) is 15.7 Å². The minimum Gasteiger partial charge on any atom is -0.855 e. The summed E-state index contributed by atoms with van der Waals surface area (Å²) in [6.45, 7) is 8.04. The van der Waals surface area contributed by atoms with E-state index in [0.29, 0.717) is 40.6 Å². The number of rotatable bonds is 8. The SMILES string of the molecule is CCOc1nc(Cl)nc2c1sc1nc(-c3ccc(OC)c(OC)c3)cc(C)c12.CC[O-].COc1ccc(-c2cc(C)c3c(n2)sc2c(Cl)nc(Cl)nc23)cc1OC.[Na+]. The summed E-state index contributed by atoms with van der Waals surface area (Å²) in [4.78, 5) is 28.4. The second-order valence-electron chi connectivity index (χ2n) is 12.0. The number of fused-ring (bicyclic) bond motifs is 6. The first-order chi connectivity index (χ1) is 27.5. The van der Waals surface area contributed by atoms with Gasteiger partial charge >= 0.3 is 29.6 Å². The van der Waals surface area contributed by atoms with E-state index in [4.69, 9.17) is 73.6 Å². The third kappa shape index (κ3) is 9.30. The van der Waals surface area contributed by atoms with Crippen LogP contribution in [0, 0.1) is 13.8 Å². The van der Waals surface area contributed by atoms with E-state index in [0.717, 1.165) is 74.5 Å². The van der Waals surface area contributed by atoms with E-state index in [2.05, 4.69) is 19.9 Å². The number of hydrogen-bond donors (Lipinski definition) is 0. The summed E-state index contributed by atoms with van der Waals surface area (Å²) in [5.74, 6) is 3.16. The second kappa shape index (κ2) is 19.9. The molecule has 296 valence electrons. The molecule has 0 aliphatic rings. The minimum absolute atomic E-state index is 0. The molecule has 0 spiro atoms. The number of thiophene rings is 2. The van der Waals surface area contributed by atoms with Gasteiger partial charge in [0.15, 0.2) is 28.2 Å². The topological polar surface area (TPSA) is 147 Å². The van der Waals surface area contributed by atoms with Crippen molar-refractivity contribution in [2.75, 3.05) is 41.7 Å². The third-order valence-electron chi connectivity index (χ3n) is 8.48. The van der Waals surface area contributed by atoms with Crippen molar-refractivity contribution >= 4 is 98.3 Å². The molecule has 0 bridgehead atoms. The van der Waals surface area contributed by atoms with Gasteiger partial charge in [-0.25, -0.2) is 24.9 Å². The van der Waals surface area contributed by atoms with Crippen LogP contribution in [-0.2, 0) is 0 Å². The fraction of sp³-hybridized carbons (Fsp3) is 0.250. The largest absolute Gasteiger partial charge is 1.00 e. The number of pyridine rings is 2. The summed E-state index contributed by atoms with van der Waals surface area (Å²) >= 11 is 21.3. The van der Waals surface area contributed by atoms with Gasteiger partial charge in [0.05, 0.1) is 62.2 Å². The van der Waals surface area contributed by atoms with Crippen molar-refractivity contribution in [2.45, 2.75) is 27.7 Å². The van der Waals surface area contributed by atoms with Crippen molar-refractivity contribution in [3.63, 3.8) is 0 Å². The van der Waals surface area contributed by atoms with Crippen LogP contribution in [-0.4, -0.2) is 71.6 Å². The normalized spacial score (nSPS) is 10.8. The molecule has 0 radical (unpaired) electrons. The van der Waals surface area contributed by atoms with Crippen molar-refractivity contribution in [3.05, 3.63) is 75.4 Å². The van der Waals surface area contributed by atoms with E-state index >= 15 is 0 Å². The van der Waals surface area contributed by atoms with Gasteiger partial charge < -0.3 is 28.8 Å². The Bertz CT molecular complexity index is 2750. The fourth-order valence-corrected chi connectivity index (χ4v) is 8.91. The standard InChI is InChI=1S/C20H18ClN3O3S.C18H13Cl2N3O2S.C2H5O.Na/c1-5-27-18-17-16(23-20(21)24-18)15-10(2)8-12(22-19(15)28-17)11-6-7-13(25-3)14(9-11)26-4;1-8-6-10(9-4-5-11(24-2)12(7-9)25-3)21-17-13(8)14-15(26-17)16(19)23-18(20)22-14;1-2-3;/h6-9H,5H2,1-4H3;4-7H,1-3H3;2H2,1H3;/q;;-1;+1. The van der Waals surface area contributed by atoms with Gasteiger partial charge in [0.1, 0.15) is 14.4 Å². The minimum atomic E-state index is 0. The first-order valence-corrected chi connectivity index (χ1v) is 20.1. The van der Waals surface area contributed by atoms with Crippen molar-refractivity contribution in [3.8, 4) is 51.4 Å². The average Bonchev–Trinajstić information content (AvgIpc) is 3.77. The summed E-state index contributed by atoms with van der Waals surface area (Å²) in [7, 11) is 6.46. The van der Waals surface area contributed by atoms with Gasteiger partial charge in [0, 0.05) is 21.9 Å². The van der Waals surface area contributed by atoms with Crippen LogP contribution in [0.4, 0.5) is 0 Å². The van der Waals surface area contributed by atoms with Crippen molar-refractivity contribution in [1.82, 2.24) is 29.9 Å². The molecule has 0 amide bonds. The van der Waals surface area contributed by atoms with Gasteiger partial charge in [-0.3, -0.25) is 0 Å². The zero-order valence-electron chi connectivity index (χ0n) is 33.1. The maximum Gasteiger partial charge on any atom is 1.00 e. The Balaban J connectivity index is 0.000000204. The van der Waals surface area contributed by atoms with Crippen LogP contribution in [0.25, 0.3) is 63.4 Å². The zero-order chi connectivity index (χ0) is 41.0. The summed E-state index contributed by atoms with van der Waals surface area (Å²) < 4.78 is 28.7. The Morgan fingerprint density at radius 1 is 0.586 bits per heavy atom. The molecule has 0 saturated carbocycles. The molecule has 8 aromatic rings. The Kier molecular flexibility index (Phi) is 15.6. The molecule has 12 nitrogen and oxygen atoms in total. The molecule has 58 heavy (non-hydrogen) atoms. The van der Waals surface area contributed by atoms with Gasteiger partial charge in [-0.1, -0.05) is 18.5 Å². The first kappa shape index (κ1) is 45.3. The molecule has 18 heteroatoms. The van der Waals surface area contributed by atoms with E-state index in [1.807, 2.05) is 69.3 Å². The van der Waals surface area contributed by atoms with Crippen LogP contribution in [0.15, 0.2) is 48.5 Å². The average molecular weight is 890 g/mol. The van der Waals surface area contributed by atoms with E-state index in [9.17, 15) is 0 Å². The van der Waals surface area contributed by atoms with Crippen LogP contribution in [0.1, 0.15) is 25.0 Å². The zero-order valence-corrected chi connectivity index (χ0v) is 39.0. The van der Waals surface area contributed by atoms with Gasteiger partial charge in [0.2, 0.25) is 16.4 Å². The summed E-state index contributed by atoms with van der Waals surface area (Å²) in [5.41, 5.74) is 7.14. The molecule has 8 rings (SSSR count). The maximum atomic E-state index is 8.93. The molecule has 2 aromatic carbocycles. The van der Waals surface area contributed by atoms with Crippen LogP contribution >= 0.6 is 57.5 Å². The number of aromatic nitrogens is 6. The summed E-state index contributed by atoms with van der Waals surface area (Å²) in [5, 5.41) is 11.5. The number of ether oxygens (including phenoxy) is 5. The van der Waals surface area contributed by atoms with Gasteiger partial charge in [-0.05, 0) is 104 Å². The number of benzene rings is 2. The molecule has 0 unspecified atom stereocenters. The molecule has 6 aromatic heterocycles. The quantitative estimate of drug-likeness (QED) is 0.0865. The first-order valence-electron chi connectivity index (χ1n) is 17.3. The Labute approximate surface area is 379 Å². The predicted octanol–water partition coefficient (Wildman–Crippen LogP) is 7.19.